The molecule has 0 aliphatic carbocycles. The van der Waals surface area contributed by atoms with Crippen LogP contribution in [0.25, 0.3) is 0 Å². The largest absolute Gasteiger partial charge is 0.465 e. The smallest absolute Gasteiger partial charge is 0.338 e. The van der Waals surface area contributed by atoms with Crippen LogP contribution in [0, 0.1) is 24.0 Å². The summed E-state index contributed by atoms with van der Waals surface area (Å²) in [6.45, 7) is 3.66. The van der Waals surface area contributed by atoms with E-state index in [0.29, 0.717) is 5.69 Å². The van der Waals surface area contributed by atoms with Crippen molar-refractivity contribution in [1.29, 1.82) is 0 Å². The van der Waals surface area contributed by atoms with E-state index in [4.69, 9.17) is 0 Å². The van der Waals surface area contributed by atoms with Crippen LogP contribution in [0.15, 0.2) is 36.4 Å². The fraction of sp³-hybridized carbons (Fsp3) is 0.176. The van der Waals surface area contributed by atoms with Crippen LogP contribution < -0.4 is 5.32 Å². The standard InChI is InChI=1S/C17H16N2O5/c1-10-7-8-11(2)13(9-10)18-16(20)15-12(17(21)24-3)5-4-6-14(15)19(22)23/h4-9H,1-3H3,(H,18,20). The zero-order valence-electron chi connectivity index (χ0n) is 13.5. The summed E-state index contributed by atoms with van der Waals surface area (Å²) in [6, 6.07) is 9.28. The average molecular weight is 328 g/mol. The Kier molecular flexibility index (Phi) is 4.93. The van der Waals surface area contributed by atoms with Crippen molar-refractivity contribution in [3.63, 3.8) is 0 Å². The predicted molar refractivity (Wildman–Crippen MR) is 88.3 cm³/mol. The summed E-state index contributed by atoms with van der Waals surface area (Å²) >= 11 is 0. The molecular formula is C17H16N2O5. The highest BCUT2D eigenvalue weighted by Gasteiger charge is 2.28. The van der Waals surface area contributed by atoms with Gasteiger partial charge in [0.05, 0.1) is 17.6 Å². The highest BCUT2D eigenvalue weighted by atomic mass is 16.6. The van der Waals surface area contributed by atoms with Crippen molar-refractivity contribution in [2.45, 2.75) is 13.8 Å². The first-order chi connectivity index (χ1) is 11.3. The second kappa shape index (κ2) is 6.91. The van der Waals surface area contributed by atoms with Gasteiger partial charge < -0.3 is 10.1 Å². The van der Waals surface area contributed by atoms with Crippen LogP contribution in [0.4, 0.5) is 11.4 Å². The summed E-state index contributed by atoms with van der Waals surface area (Å²) in [6.07, 6.45) is 0. The van der Waals surface area contributed by atoms with Crippen molar-refractivity contribution in [3.05, 3.63) is 68.8 Å². The van der Waals surface area contributed by atoms with Gasteiger partial charge in [0.1, 0.15) is 5.56 Å². The van der Waals surface area contributed by atoms with Crippen LogP contribution in [0.5, 0.6) is 0 Å². The van der Waals surface area contributed by atoms with Gasteiger partial charge in [-0.2, -0.15) is 0 Å². The molecule has 0 heterocycles. The summed E-state index contributed by atoms with van der Waals surface area (Å²) in [5, 5.41) is 13.9. The van der Waals surface area contributed by atoms with Crippen molar-refractivity contribution in [1.82, 2.24) is 0 Å². The first-order valence-corrected chi connectivity index (χ1v) is 7.09. The van der Waals surface area contributed by atoms with E-state index in [1.807, 2.05) is 19.1 Å². The molecule has 7 heteroatoms. The molecule has 0 saturated heterocycles. The van der Waals surface area contributed by atoms with Gasteiger partial charge in [-0.05, 0) is 37.1 Å². The number of carbonyl (C=O) groups is 2. The number of benzene rings is 2. The monoisotopic (exact) mass is 328 g/mol. The minimum atomic E-state index is -0.815. The maximum atomic E-state index is 12.6. The molecule has 24 heavy (non-hydrogen) atoms. The number of hydrogen-bond donors (Lipinski definition) is 1. The average Bonchev–Trinajstić information content (AvgIpc) is 2.56. The van der Waals surface area contributed by atoms with Gasteiger partial charge in [0.25, 0.3) is 11.6 Å². The Bertz CT molecular complexity index is 830. The topological polar surface area (TPSA) is 98.5 Å². The molecule has 0 saturated carbocycles. The van der Waals surface area contributed by atoms with E-state index in [0.717, 1.165) is 18.2 Å². The number of nitrogens with zero attached hydrogens (tertiary/aromatic N) is 1. The SMILES string of the molecule is COC(=O)c1cccc([N+](=O)[O-])c1C(=O)Nc1cc(C)ccc1C. The molecular weight excluding hydrogens is 312 g/mol. The van der Waals surface area contributed by atoms with Crippen LogP contribution in [-0.4, -0.2) is 23.9 Å². The number of methoxy groups -OCH3 is 1. The third kappa shape index (κ3) is 3.40. The van der Waals surface area contributed by atoms with E-state index < -0.39 is 22.5 Å². The molecule has 1 amide bonds. The number of nitro groups is 1. The zero-order chi connectivity index (χ0) is 17.9. The lowest BCUT2D eigenvalue weighted by Gasteiger charge is -2.12. The molecule has 124 valence electrons. The molecule has 2 aromatic carbocycles. The number of amides is 1. The van der Waals surface area contributed by atoms with Gasteiger partial charge >= 0.3 is 5.97 Å². The van der Waals surface area contributed by atoms with Crippen molar-refractivity contribution >= 4 is 23.3 Å². The molecule has 0 unspecified atom stereocenters. The number of rotatable bonds is 4. The van der Waals surface area contributed by atoms with E-state index >= 15 is 0 Å². The van der Waals surface area contributed by atoms with E-state index in [1.54, 1.807) is 13.0 Å². The predicted octanol–water partition coefficient (Wildman–Crippen LogP) is 3.25. The highest BCUT2D eigenvalue weighted by Crippen LogP contribution is 2.25. The lowest BCUT2D eigenvalue weighted by atomic mass is 10.0. The van der Waals surface area contributed by atoms with Crippen molar-refractivity contribution in [3.8, 4) is 0 Å². The Hall–Kier alpha value is -3.22. The van der Waals surface area contributed by atoms with Gasteiger partial charge in [-0.1, -0.05) is 18.2 Å². The van der Waals surface area contributed by atoms with Crippen LogP contribution in [0.1, 0.15) is 31.8 Å². The van der Waals surface area contributed by atoms with Gasteiger partial charge in [-0.15, -0.1) is 0 Å². The van der Waals surface area contributed by atoms with E-state index in [1.165, 1.54) is 18.2 Å². The summed E-state index contributed by atoms with van der Waals surface area (Å²) in [5.74, 6) is -1.55. The summed E-state index contributed by atoms with van der Waals surface area (Å²) in [5.41, 5.74) is 1.30. The fourth-order valence-corrected chi connectivity index (χ4v) is 2.27. The lowest BCUT2D eigenvalue weighted by Crippen LogP contribution is -2.19. The Morgan fingerprint density at radius 3 is 2.50 bits per heavy atom. The van der Waals surface area contributed by atoms with Crippen LogP contribution in [-0.2, 0) is 4.74 Å². The van der Waals surface area contributed by atoms with Gasteiger partial charge in [0.15, 0.2) is 0 Å². The summed E-state index contributed by atoms with van der Waals surface area (Å²) in [4.78, 5) is 35.0. The molecule has 2 aromatic rings. The van der Waals surface area contributed by atoms with Crippen LogP contribution in [0.2, 0.25) is 0 Å². The number of anilines is 1. The molecule has 0 fully saturated rings. The first-order valence-electron chi connectivity index (χ1n) is 7.09. The second-order valence-electron chi connectivity index (χ2n) is 5.22. The number of nitrogens with one attached hydrogen (secondary N) is 1. The van der Waals surface area contributed by atoms with Gasteiger partial charge in [-0.3, -0.25) is 14.9 Å². The number of ether oxygens (including phenoxy) is 1. The maximum absolute atomic E-state index is 12.6. The normalized spacial score (nSPS) is 10.1. The van der Waals surface area contributed by atoms with E-state index in [9.17, 15) is 19.7 Å². The molecule has 7 nitrogen and oxygen atoms in total. The van der Waals surface area contributed by atoms with Crippen molar-refractivity contribution < 1.29 is 19.2 Å². The summed E-state index contributed by atoms with van der Waals surface area (Å²) < 4.78 is 4.61. The second-order valence-corrected chi connectivity index (χ2v) is 5.22. The molecule has 2 rings (SSSR count). The molecule has 1 N–H and O–H groups in total. The quantitative estimate of drug-likeness (QED) is 0.527. The van der Waals surface area contributed by atoms with Gasteiger partial charge in [-0.25, -0.2) is 4.79 Å². The molecule has 0 atom stereocenters. The van der Waals surface area contributed by atoms with Crippen molar-refractivity contribution in [2.24, 2.45) is 0 Å². The minimum Gasteiger partial charge on any atom is -0.465 e. The Morgan fingerprint density at radius 1 is 1.17 bits per heavy atom. The number of esters is 1. The zero-order valence-corrected chi connectivity index (χ0v) is 13.5. The number of carbonyl (C=O) groups excluding carboxylic acids is 2. The molecule has 0 bridgehead atoms. The first kappa shape index (κ1) is 17.1. The third-order valence-corrected chi connectivity index (χ3v) is 3.51. The number of nitro benzene ring substituents is 1. The maximum Gasteiger partial charge on any atom is 0.338 e. The Morgan fingerprint density at radius 2 is 1.88 bits per heavy atom. The van der Waals surface area contributed by atoms with Gasteiger partial charge in [0.2, 0.25) is 0 Å². The number of aryl methyl sites for hydroxylation is 2. The fourth-order valence-electron chi connectivity index (χ4n) is 2.27. The Balaban J connectivity index is 2.53. The lowest BCUT2D eigenvalue weighted by molar-refractivity contribution is -0.385. The van der Waals surface area contributed by atoms with E-state index in [2.05, 4.69) is 10.1 Å². The van der Waals surface area contributed by atoms with Crippen molar-refractivity contribution in [2.75, 3.05) is 12.4 Å². The molecule has 0 aliphatic heterocycles. The third-order valence-electron chi connectivity index (χ3n) is 3.51. The molecule has 0 aliphatic rings. The van der Waals surface area contributed by atoms with E-state index in [-0.39, 0.29) is 11.1 Å². The van der Waals surface area contributed by atoms with Crippen LogP contribution in [0.3, 0.4) is 0 Å². The van der Waals surface area contributed by atoms with Gasteiger partial charge in [0, 0.05) is 11.8 Å². The summed E-state index contributed by atoms with van der Waals surface area (Å²) in [7, 11) is 1.15. The Labute approximate surface area is 138 Å². The molecule has 0 aromatic heterocycles. The van der Waals surface area contributed by atoms with Crippen LogP contribution >= 0.6 is 0 Å². The molecule has 0 spiro atoms. The number of hydrogen-bond acceptors (Lipinski definition) is 5. The highest BCUT2D eigenvalue weighted by molar-refractivity contribution is 6.13. The minimum absolute atomic E-state index is 0.158. The molecule has 0 radical (unpaired) electrons.